The number of benzene rings is 1. The molecule has 0 spiro atoms. The van der Waals surface area contributed by atoms with Crippen molar-refractivity contribution in [2.75, 3.05) is 42.6 Å². The Morgan fingerprint density at radius 3 is 2.48 bits per heavy atom. The zero-order valence-corrected chi connectivity index (χ0v) is 14.8. The smallest absolute Gasteiger partial charge is 0.152 e. The van der Waals surface area contributed by atoms with Gasteiger partial charge in [-0.15, -0.1) is 0 Å². The van der Waals surface area contributed by atoms with E-state index in [2.05, 4.69) is 19.8 Å². The summed E-state index contributed by atoms with van der Waals surface area (Å²) in [5, 5.41) is 0.741. The fourth-order valence-corrected chi connectivity index (χ4v) is 5.03. The number of nitrogens with zero attached hydrogens (tertiary/aromatic N) is 4. The molecule has 2 saturated heterocycles. The van der Waals surface area contributed by atoms with E-state index >= 15 is 0 Å². The molecule has 2 aliphatic heterocycles. The molecule has 6 nitrogen and oxygen atoms in total. The van der Waals surface area contributed by atoms with E-state index in [1.807, 2.05) is 0 Å². The maximum Gasteiger partial charge on any atom is 0.152 e. The monoisotopic (exact) mass is 364 g/mol. The highest BCUT2D eigenvalue weighted by Gasteiger charge is 2.30. The molecule has 0 amide bonds. The van der Waals surface area contributed by atoms with Crippen molar-refractivity contribution >= 4 is 26.6 Å². The predicted molar refractivity (Wildman–Crippen MR) is 95.0 cm³/mol. The SMILES string of the molecule is O=S1(=O)CCN(C2CCN(c3ncnc4ccc(F)cc34)CC2)CC1. The van der Waals surface area contributed by atoms with Crippen LogP contribution >= 0.6 is 0 Å². The number of sulfone groups is 1. The molecule has 0 aliphatic carbocycles. The number of fused-ring (bicyclic) bond motifs is 1. The fourth-order valence-electron chi connectivity index (χ4n) is 3.80. The standard InChI is InChI=1S/C17H21FN4O2S/c18-13-1-2-16-15(11-13)17(20-12-19-16)22-5-3-14(4-6-22)21-7-9-25(23,24)10-8-21/h1-2,11-12,14H,3-10H2. The van der Waals surface area contributed by atoms with Gasteiger partial charge in [-0.3, -0.25) is 4.90 Å². The van der Waals surface area contributed by atoms with Crippen LogP contribution in [0, 0.1) is 5.82 Å². The van der Waals surface area contributed by atoms with E-state index in [9.17, 15) is 12.8 Å². The molecule has 1 aromatic heterocycles. The van der Waals surface area contributed by atoms with Crippen LogP contribution in [-0.4, -0.2) is 67.0 Å². The molecule has 0 atom stereocenters. The maximum absolute atomic E-state index is 13.6. The number of hydrogen-bond donors (Lipinski definition) is 0. The van der Waals surface area contributed by atoms with Gasteiger partial charge in [0.25, 0.3) is 0 Å². The third kappa shape index (κ3) is 3.46. The van der Waals surface area contributed by atoms with Crippen LogP contribution in [0.2, 0.25) is 0 Å². The van der Waals surface area contributed by atoms with Gasteiger partial charge in [0.1, 0.15) is 18.0 Å². The molecule has 2 fully saturated rings. The lowest BCUT2D eigenvalue weighted by molar-refractivity contribution is 0.182. The summed E-state index contributed by atoms with van der Waals surface area (Å²) >= 11 is 0. The van der Waals surface area contributed by atoms with Crippen molar-refractivity contribution in [1.29, 1.82) is 0 Å². The fraction of sp³-hybridized carbons (Fsp3) is 0.529. The number of aromatic nitrogens is 2. The van der Waals surface area contributed by atoms with E-state index in [0.717, 1.165) is 42.7 Å². The van der Waals surface area contributed by atoms with Gasteiger partial charge >= 0.3 is 0 Å². The molecule has 0 unspecified atom stereocenters. The normalized spacial score (nSPS) is 22.4. The number of hydrogen-bond acceptors (Lipinski definition) is 6. The molecule has 134 valence electrons. The number of halogens is 1. The number of rotatable bonds is 2. The third-order valence-corrected chi connectivity index (χ3v) is 6.84. The van der Waals surface area contributed by atoms with Gasteiger partial charge in [0.05, 0.1) is 17.0 Å². The van der Waals surface area contributed by atoms with Crippen LogP contribution in [0.25, 0.3) is 10.9 Å². The summed E-state index contributed by atoms with van der Waals surface area (Å²) in [6.07, 6.45) is 3.44. The summed E-state index contributed by atoms with van der Waals surface area (Å²) < 4.78 is 36.8. The first-order valence-corrected chi connectivity index (χ1v) is 10.4. The van der Waals surface area contributed by atoms with Crippen molar-refractivity contribution in [3.63, 3.8) is 0 Å². The first-order valence-electron chi connectivity index (χ1n) is 8.61. The molecule has 8 heteroatoms. The second-order valence-electron chi connectivity index (χ2n) is 6.76. The summed E-state index contributed by atoms with van der Waals surface area (Å²) in [4.78, 5) is 13.1. The minimum absolute atomic E-state index is 0.267. The van der Waals surface area contributed by atoms with Gasteiger partial charge in [-0.05, 0) is 31.0 Å². The van der Waals surface area contributed by atoms with Gasteiger partial charge in [0.2, 0.25) is 0 Å². The van der Waals surface area contributed by atoms with Crippen LogP contribution < -0.4 is 4.90 Å². The summed E-state index contributed by atoms with van der Waals surface area (Å²) in [7, 11) is -2.84. The van der Waals surface area contributed by atoms with Gasteiger partial charge in [-0.2, -0.15) is 0 Å². The molecule has 2 aromatic rings. The second kappa shape index (κ2) is 6.49. The van der Waals surface area contributed by atoms with Crippen molar-refractivity contribution in [1.82, 2.24) is 14.9 Å². The van der Waals surface area contributed by atoms with Crippen LogP contribution in [0.5, 0.6) is 0 Å². The van der Waals surface area contributed by atoms with Gasteiger partial charge in [0, 0.05) is 37.6 Å². The highest BCUT2D eigenvalue weighted by molar-refractivity contribution is 7.91. The van der Waals surface area contributed by atoms with Gasteiger partial charge < -0.3 is 4.90 Å². The minimum atomic E-state index is -2.84. The zero-order chi connectivity index (χ0) is 17.4. The Kier molecular flexibility index (Phi) is 4.33. The zero-order valence-electron chi connectivity index (χ0n) is 13.9. The Labute approximate surface area is 146 Å². The first-order chi connectivity index (χ1) is 12.0. The van der Waals surface area contributed by atoms with E-state index in [1.54, 1.807) is 6.07 Å². The van der Waals surface area contributed by atoms with Crippen LogP contribution in [0.15, 0.2) is 24.5 Å². The Morgan fingerprint density at radius 1 is 1.04 bits per heavy atom. The van der Waals surface area contributed by atoms with Crippen LogP contribution in [0.4, 0.5) is 10.2 Å². The molecule has 0 bridgehead atoms. The Morgan fingerprint density at radius 2 is 1.76 bits per heavy atom. The highest BCUT2D eigenvalue weighted by Crippen LogP contribution is 2.28. The molecule has 0 N–H and O–H groups in total. The molecule has 0 radical (unpaired) electrons. The highest BCUT2D eigenvalue weighted by atomic mass is 32.2. The minimum Gasteiger partial charge on any atom is -0.356 e. The van der Waals surface area contributed by atoms with Crippen molar-refractivity contribution in [3.05, 3.63) is 30.3 Å². The van der Waals surface area contributed by atoms with Gasteiger partial charge in [0.15, 0.2) is 9.84 Å². The topological polar surface area (TPSA) is 66.4 Å². The van der Waals surface area contributed by atoms with Gasteiger partial charge in [-0.25, -0.2) is 22.8 Å². The lowest BCUT2D eigenvalue weighted by Crippen LogP contribution is -2.50. The maximum atomic E-state index is 13.6. The van der Waals surface area contributed by atoms with E-state index in [4.69, 9.17) is 0 Å². The summed E-state index contributed by atoms with van der Waals surface area (Å²) in [6.45, 7) is 2.93. The largest absolute Gasteiger partial charge is 0.356 e. The van der Waals surface area contributed by atoms with Crippen molar-refractivity contribution < 1.29 is 12.8 Å². The third-order valence-electron chi connectivity index (χ3n) is 5.24. The molecule has 25 heavy (non-hydrogen) atoms. The van der Waals surface area contributed by atoms with Crippen LogP contribution in [0.1, 0.15) is 12.8 Å². The molecular formula is C17H21FN4O2S. The quantitative estimate of drug-likeness (QED) is 0.804. The lowest BCUT2D eigenvalue weighted by atomic mass is 10.0. The van der Waals surface area contributed by atoms with Crippen LogP contribution in [-0.2, 0) is 9.84 Å². The van der Waals surface area contributed by atoms with Gasteiger partial charge in [-0.1, -0.05) is 0 Å². The molecular weight excluding hydrogens is 343 g/mol. The number of piperidine rings is 1. The molecule has 4 rings (SSSR count). The Balaban J connectivity index is 1.47. The Bertz CT molecular complexity index is 867. The lowest BCUT2D eigenvalue weighted by Gasteiger charge is -2.40. The Hall–Kier alpha value is -1.80. The molecule has 2 aliphatic rings. The van der Waals surface area contributed by atoms with Crippen molar-refractivity contribution in [3.8, 4) is 0 Å². The second-order valence-corrected chi connectivity index (χ2v) is 9.07. The average Bonchev–Trinajstić information content (AvgIpc) is 2.61. The first kappa shape index (κ1) is 16.7. The van der Waals surface area contributed by atoms with Crippen molar-refractivity contribution in [2.45, 2.75) is 18.9 Å². The van der Waals surface area contributed by atoms with Crippen LogP contribution in [0.3, 0.4) is 0 Å². The van der Waals surface area contributed by atoms with E-state index < -0.39 is 9.84 Å². The van der Waals surface area contributed by atoms with Crippen molar-refractivity contribution in [2.24, 2.45) is 0 Å². The average molecular weight is 364 g/mol. The molecule has 0 saturated carbocycles. The van der Waals surface area contributed by atoms with E-state index in [0.29, 0.717) is 19.1 Å². The molecule has 3 heterocycles. The molecule has 1 aromatic carbocycles. The summed E-state index contributed by atoms with van der Waals surface area (Å²) in [6, 6.07) is 5.00. The predicted octanol–water partition coefficient (Wildman–Crippen LogP) is 1.47. The summed E-state index contributed by atoms with van der Waals surface area (Å²) in [5.41, 5.74) is 0.745. The number of anilines is 1. The van der Waals surface area contributed by atoms with E-state index in [-0.39, 0.29) is 17.3 Å². The van der Waals surface area contributed by atoms with E-state index in [1.165, 1.54) is 18.5 Å². The summed E-state index contributed by atoms with van der Waals surface area (Å²) in [5.74, 6) is 1.03.